The van der Waals surface area contributed by atoms with E-state index in [0.29, 0.717) is 10.7 Å². The van der Waals surface area contributed by atoms with Gasteiger partial charge in [0.1, 0.15) is 25.8 Å². The Labute approximate surface area is 168 Å². The summed E-state index contributed by atoms with van der Waals surface area (Å²) in [4.78, 5) is 4.31. The standard InChI is InChI=1S/C15H10Cl3NO3S3/c16-11-8-10(25(20,21)22-9-4-2-1-3-5-9)6-7-12(11)19-15-13(17)14(18)23-24-15/h1-8,13-14H. The van der Waals surface area contributed by atoms with Crippen molar-refractivity contribution in [1.29, 1.82) is 0 Å². The SMILES string of the molecule is O=S(=O)(Oc1ccccc1)c1ccc(N=C2SSC(Cl)C2Cl)c(Cl)c1. The number of halogens is 3. The second-order valence-electron chi connectivity index (χ2n) is 4.85. The zero-order valence-electron chi connectivity index (χ0n) is 12.3. The second-order valence-corrected chi connectivity index (χ2v) is 10.4. The first-order chi connectivity index (χ1) is 11.9. The van der Waals surface area contributed by atoms with E-state index in [-0.39, 0.29) is 20.4 Å². The molecular weight excluding hydrogens is 445 g/mol. The molecule has 132 valence electrons. The van der Waals surface area contributed by atoms with Gasteiger partial charge in [-0.05, 0) is 41.1 Å². The molecule has 1 aliphatic heterocycles. The van der Waals surface area contributed by atoms with Crippen LogP contribution in [0.2, 0.25) is 5.02 Å². The molecule has 0 saturated carbocycles. The third-order valence-corrected chi connectivity index (χ3v) is 8.82. The number of rotatable bonds is 4. The van der Waals surface area contributed by atoms with Crippen molar-refractivity contribution in [2.75, 3.05) is 0 Å². The molecule has 1 aliphatic rings. The third kappa shape index (κ3) is 4.59. The van der Waals surface area contributed by atoms with Crippen LogP contribution in [0.5, 0.6) is 5.75 Å². The van der Waals surface area contributed by atoms with E-state index in [2.05, 4.69) is 4.99 Å². The molecule has 2 aromatic rings. The number of benzene rings is 2. The largest absolute Gasteiger partial charge is 0.379 e. The summed E-state index contributed by atoms with van der Waals surface area (Å²) >= 11 is 18.4. The molecule has 0 aliphatic carbocycles. The predicted molar refractivity (Wildman–Crippen MR) is 107 cm³/mol. The van der Waals surface area contributed by atoms with Gasteiger partial charge in [0.05, 0.1) is 10.7 Å². The highest BCUT2D eigenvalue weighted by Crippen LogP contribution is 2.46. The number of alkyl halides is 2. The van der Waals surface area contributed by atoms with Crippen molar-refractivity contribution < 1.29 is 12.6 Å². The fraction of sp³-hybridized carbons (Fsp3) is 0.133. The molecule has 1 heterocycles. The van der Waals surface area contributed by atoms with Crippen LogP contribution in [0.15, 0.2) is 58.4 Å². The van der Waals surface area contributed by atoms with Crippen molar-refractivity contribution in [2.45, 2.75) is 15.0 Å². The Morgan fingerprint density at radius 1 is 1.08 bits per heavy atom. The molecule has 25 heavy (non-hydrogen) atoms. The van der Waals surface area contributed by atoms with Crippen molar-refractivity contribution in [3.63, 3.8) is 0 Å². The van der Waals surface area contributed by atoms with Crippen LogP contribution in [0.1, 0.15) is 0 Å². The Hall–Kier alpha value is -0.570. The van der Waals surface area contributed by atoms with E-state index in [1.54, 1.807) is 30.3 Å². The fourth-order valence-corrected chi connectivity index (χ4v) is 6.52. The fourth-order valence-electron chi connectivity index (χ4n) is 1.89. The van der Waals surface area contributed by atoms with Crippen LogP contribution in [0.25, 0.3) is 0 Å². The first kappa shape index (κ1) is 19.2. The number of para-hydroxylation sites is 1. The highest BCUT2D eigenvalue weighted by molar-refractivity contribution is 8.83. The molecule has 2 unspecified atom stereocenters. The minimum absolute atomic E-state index is 0.0589. The smallest absolute Gasteiger partial charge is 0.339 e. The van der Waals surface area contributed by atoms with Crippen molar-refractivity contribution in [1.82, 2.24) is 0 Å². The summed E-state index contributed by atoms with van der Waals surface area (Å²) in [5.74, 6) is 0.223. The van der Waals surface area contributed by atoms with Crippen LogP contribution in [0.3, 0.4) is 0 Å². The third-order valence-electron chi connectivity index (χ3n) is 3.08. The molecule has 0 N–H and O–H groups in total. The van der Waals surface area contributed by atoms with Crippen molar-refractivity contribution >= 4 is 77.2 Å². The van der Waals surface area contributed by atoms with Crippen LogP contribution in [-0.2, 0) is 10.1 Å². The van der Waals surface area contributed by atoms with Gasteiger partial charge >= 0.3 is 10.1 Å². The lowest BCUT2D eigenvalue weighted by Gasteiger charge is -2.08. The predicted octanol–water partition coefficient (Wildman–Crippen LogP) is 5.71. The molecule has 3 rings (SSSR count). The van der Waals surface area contributed by atoms with Gasteiger partial charge in [0, 0.05) is 0 Å². The Bertz CT molecular complexity index is 907. The van der Waals surface area contributed by atoms with Gasteiger partial charge < -0.3 is 4.18 Å². The Balaban J connectivity index is 1.86. The first-order valence-electron chi connectivity index (χ1n) is 6.86. The highest BCUT2D eigenvalue weighted by atomic mass is 35.5. The molecule has 4 nitrogen and oxygen atoms in total. The maximum absolute atomic E-state index is 12.3. The van der Waals surface area contributed by atoms with Crippen LogP contribution in [-0.4, -0.2) is 23.5 Å². The zero-order valence-corrected chi connectivity index (χ0v) is 17.0. The summed E-state index contributed by atoms with van der Waals surface area (Å²) in [6.07, 6.45) is 0. The monoisotopic (exact) mass is 453 g/mol. The summed E-state index contributed by atoms with van der Waals surface area (Å²) < 4.78 is 29.5. The van der Waals surface area contributed by atoms with E-state index in [4.69, 9.17) is 39.0 Å². The quantitative estimate of drug-likeness (QED) is 0.337. The van der Waals surface area contributed by atoms with Gasteiger partial charge in [0.15, 0.2) is 0 Å². The Morgan fingerprint density at radius 3 is 2.40 bits per heavy atom. The van der Waals surface area contributed by atoms with E-state index in [0.717, 1.165) is 0 Å². The number of aliphatic imine (C=N–C) groups is 1. The lowest BCUT2D eigenvalue weighted by molar-refractivity contribution is 0.486. The normalized spacial score (nSPS) is 22.3. The van der Waals surface area contributed by atoms with E-state index in [1.807, 2.05) is 0 Å². The molecule has 0 radical (unpaired) electrons. The minimum atomic E-state index is -3.99. The number of nitrogens with zero attached hydrogens (tertiary/aromatic N) is 1. The van der Waals surface area contributed by atoms with Gasteiger partial charge in [-0.2, -0.15) is 8.42 Å². The molecule has 2 aromatic carbocycles. The Kier molecular flexibility index (Phi) is 6.13. The summed E-state index contributed by atoms with van der Waals surface area (Å²) in [5.41, 5.74) is 0.417. The van der Waals surface area contributed by atoms with Crippen molar-refractivity contribution in [2.24, 2.45) is 4.99 Å². The van der Waals surface area contributed by atoms with Gasteiger partial charge in [-0.3, -0.25) is 0 Å². The number of hydrogen-bond donors (Lipinski definition) is 0. The summed E-state index contributed by atoms with van der Waals surface area (Å²) in [5, 5.41) is 0.389. The van der Waals surface area contributed by atoms with Crippen molar-refractivity contribution in [3.8, 4) is 5.75 Å². The van der Waals surface area contributed by atoms with Crippen molar-refractivity contribution in [3.05, 3.63) is 53.6 Å². The second kappa shape index (κ2) is 7.98. The van der Waals surface area contributed by atoms with Crippen LogP contribution in [0, 0.1) is 0 Å². The first-order valence-corrected chi connectivity index (χ1v) is 11.7. The molecule has 1 fully saturated rings. The van der Waals surface area contributed by atoms with Crippen LogP contribution in [0.4, 0.5) is 5.69 Å². The number of hydrogen-bond acceptors (Lipinski definition) is 6. The minimum Gasteiger partial charge on any atom is -0.379 e. The maximum Gasteiger partial charge on any atom is 0.339 e. The summed E-state index contributed by atoms with van der Waals surface area (Å²) in [6.45, 7) is 0. The molecule has 0 bridgehead atoms. The van der Waals surface area contributed by atoms with Gasteiger partial charge in [-0.25, -0.2) is 4.99 Å². The topological polar surface area (TPSA) is 55.7 Å². The average Bonchev–Trinajstić information content (AvgIpc) is 2.89. The Morgan fingerprint density at radius 2 is 1.80 bits per heavy atom. The average molecular weight is 455 g/mol. The van der Waals surface area contributed by atoms with E-state index < -0.39 is 15.5 Å². The zero-order chi connectivity index (χ0) is 18.0. The van der Waals surface area contributed by atoms with Gasteiger partial charge in [0.2, 0.25) is 0 Å². The molecule has 0 amide bonds. The van der Waals surface area contributed by atoms with Gasteiger partial charge in [0.25, 0.3) is 0 Å². The maximum atomic E-state index is 12.3. The summed E-state index contributed by atoms with van der Waals surface area (Å²) in [6, 6.07) is 12.4. The van der Waals surface area contributed by atoms with Crippen LogP contribution >= 0.6 is 56.4 Å². The van der Waals surface area contributed by atoms with E-state index in [1.165, 1.54) is 39.8 Å². The molecular formula is C15H10Cl3NO3S3. The van der Waals surface area contributed by atoms with Crippen LogP contribution < -0.4 is 4.18 Å². The molecule has 2 atom stereocenters. The lowest BCUT2D eigenvalue weighted by atomic mass is 10.3. The van der Waals surface area contributed by atoms with Gasteiger partial charge in [-0.15, -0.1) is 23.2 Å². The lowest BCUT2D eigenvalue weighted by Crippen LogP contribution is -2.12. The molecule has 10 heteroatoms. The molecule has 0 spiro atoms. The molecule has 1 saturated heterocycles. The highest BCUT2D eigenvalue weighted by Gasteiger charge is 2.32. The molecule has 0 aromatic heterocycles. The van der Waals surface area contributed by atoms with E-state index in [9.17, 15) is 8.42 Å². The van der Waals surface area contributed by atoms with E-state index >= 15 is 0 Å². The summed E-state index contributed by atoms with van der Waals surface area (Å²) in [7, 11) is -1.21. The van der Waals surface area contributed by atoms with Gasteiger partial charge in [-0.1, -0.05) is 40.6 Å².